The van der Waals surface area contributed by atoms with Gasteiger partial charge in [-0.1, -0.05) is 0 Å². The number of anilines is 1. The van der Waals surface area contributed by atoms with Crippen LogP contribution in [0.3, 0.4) is 0 Å². The van der Waals surface area contributed by atoms with Gasteiger partial charge in [0.15, 0.2) is 5.57 Å². The molecular formula is C13H13N3O2S. The van der Waals surface area contributed by atoms with E-state index in [4.69, 9.17) is 20.0 Å². The van der Waals surface area contributed by atoms with Crippen LogP contribution in [-0.2, 0) is 0 Å². The molecule has 0 saturated carbocycles. The third-order valence-corrected chi connectivity index (χ3v) is 2.98. The fourth-order valence-corrected chi connectivity index (χ4v) is 1.87. The standard InChI is InChI=1S/C13H13N3O2S/c1-17-11-4-10(5-12(6-11)18-2)16-13(19-3)9(7-14)8-15/h4-6,16H,1-3H3. The van der Waals surface area contributed by atoms with E-state index < -0.39 is 0 Å². The van der Waals surface area contributed by atoms with Crippen molar-refractivity contribution in [3.05, 3.63) is 28.8 Å². The molecule has 0 aliphatic carbocycles. The Labute approximate surface area is 116 Å². The highest BCUT2D eigenvalue weighted by Crippen LogP contribution is 2.28. The minimum atomic E-state index is 0.0364. The predicted octanol–water partition coefficient (Wildman–Crippen LogP) is 2.74. The second-order valence-electron chi connectivity index (χ2n) is 3.36. The number of nitrogens with one attached hydrogen (secondary N) is 1. The Morgan fingerprint density at radius 3 is 2.00 bits per heavy atom. The van der Waals surface area contributed by atoms with Crippen molar-refractivity contribution >= 4 is 17.4 Å². The van der Waals surface area contributed by atoms with E-state index in [-0.39, 0.29) is 5.57 Å². The molecule has 0 atom stereocenters. The van der Waals surface area contributed by atoms with Crippen molar-refractivity contribution in [2.24, 2.45) is 0 Å². The van der Waals surface area contributed by atoms with Crippen molar-refractivity contribution in [1.29, 1.82) is 10.5 Å². The van der Waals surface area contributed by atoms with Gasteiger partial charge in [-0.15, -0.1) is 11.8 Å². The van der Waals surface area contributed by atoms with Crippen LogP contribution in [0.25, 0.3) is 0 Å². The first kappa shape index (κ1) is 14.7. The predicted molar refractivity (Wildman–Crippen MR) is 74.9 cm³/mol. The lowest BCUT2D eigenvalue weighted by molar-refractivity contribution is 0.395. The van der Waals surface area contributed by atoms with E-state index in [1.54, 1.807) is 38.7 Å². The number of ether oxygens (including phenoxy) is 2. The molecule has 19 heavy (non-hydrogen) atoms. The molecule has 0 aromatic heterocycles. The third kappa shape index (κ3) is 3.84. The van der Waals surface area contributed by atoms with Gasteiger partial charge in [-0.2, -0.15) is 10.5 Å². The van der Waals surface area contributed by atoms with Crippen molar-refractivity contribution < 1.29 is 9.47 Å². The van der Waals surface area contributed by atoms with Gasteiger partial charge in [-0.05, 0) is 6.26 Å². The van der Waals surface area contributed by atoms with Crippen molar-refractivity contribution in [3.8, 4) is 23.6 Å². The number of thioether (sulfide) groups is 1. The average Bonchev–Trinajstić information content (AvgIpc) is 2.46. The van der Waals surface area contributed by atoms with Crippen molar-refractivity contribution in [2.75, 3.05) is 25.8 Å². The van der Waals surface area contributed by atoms with Crippen LogP contribution in [0.1, 0.15) is 0 Å². The Balaban J connectivity index is 3.15. The first-order valence-corrected chi connectivity index (χ1v) is 6.49. The number of allylic oxidation sites excluding steroid dienone is 1. The first-order valence-electron chi connectivity index (χ1n) is 5.27. The number of methoxy groups -OCH3 is 2. The second kappa shape index (κ2) is 7.20. The SMILES string of the molecule is COc1cc(NC(SC)=C(C#N)C#N)cc(OC)c1. The van der Waals surface area contributed by atoms with Crippen molar-refractivity contribution in [3.63, 3.8) is 0 Å². The highest BCUT2D eigenvalue weighted by atomic mass is 32.2. The van der Waals surface area contributed by atoms with E-state index in [1.807, 2.05) is 12.1 Å². The van der Waals surface area contributed by atoms with Crippen molar-refractivity contribution in [1.82, 2.24) is 0 Å². The smallest absolute Gasteiger partial charge is 0.159 e. The second-order valence-corrected chi connectivity index (χ2v) is 4.17. The molecule has 98 valence electrons. The van der Waals surface area contributed by atoms with E-state index in [0.717, 1.165) is 0 Å². The van der Waals surface area contributed by atoms with E-state index in [9.17, 15) is 0 Å². The summed E-state index contributed by atoms with van der Waals surface area (Å²) < 4.78 is 10.3. The maximum Gasteiger partial charge on any atom is 0.159 e. The van der Waals surface area contributed by atoms with E-state index in [1.165, 1.54) is 11.8 Å². The molecule has 1 rings (SSSR count). The third-order valence-electron chi connectivity index (χ3n) is 2.26. The first-order chi connectivity index (χ1) is 9.18. The van der Waals surface area contributed by atoms with Crippen molar-refractivity contribution in [2.45, 2.75) is 0 Å². The molecule has 0 aliphatic heterocycles. The van der Waals surface area contributed by atoms with Crippen LogP contribution in [0.4, 0.5) is 5.69 Å². The van der Waals surface area contributed by atoms with Gasteiger partial charge < -0.3 is 14.8 Å². The summed E-state index contributed by atoms with van der Waals surface area (Å²) >= 11 is 1.29. The molecule has 0 amide bonds. The summed E-state index contributed by atoms with van der Waals surface area (Å²) in [5.41, 5.74) is 0.720. The maximum atomic E-state index is 8.87. The van der Waals surface area contributed by atoms with E-state index in [0.29, 0.717) is 22.2 Å². The topological polar surface area (TPSA) is 78.1 Å². The Morgan fingerprint density at radius 1 is 1.11 bits per heavy atom. The molecule has 0 bridgehead atoms. The summed E-state index contributed by atoms with van der Waals surface area (Å²) in [7, 11) is 3.11. The summed E-state index contributed by atoms with van der Waals surface area (Å²) in [6, 6.07) is 8.96. The molecule has 0 spiro atoms. The molecular weight excluding hydrogens is 262 g/mol. The number of nitrogens with zero attached hydrogens (tertiary/aromatic N) is 2. The number of hydrogen-bond acceptors (Lipinski definition) is 6. The normalized spacial score (nSPS) is 8.89. The molecule has 1 N–H and O–H groups in total. The van der Waals surface area contributed by atoms with Gasteiger partial charge in [0.25, 0.3) is 0 Å². The zero-order valence-electron chi connectivity index (χ0n) is 10.9. The van der Waals surface area contributed by atoms with Gasteiger partial charge in [0, 0.05) is 23.9 Å². The van der Waals surface area contributed by atoms with Crippen LogP contribution in [0.5, 0.6) is 11.5 Å². The fourth-order valence-electron chi connectivity index (χ4n) is 1.35. The highest BCUT2D eigenvalue weighted by Gasteiger charge is 2.08. The van der Waals surface area contributed by atoms with Gasteiger partial charge in [0.2, 0.25) is 0 Å². The van der Waals surface area contributed by atoms with Crippen LogP contribution >= 0.6 is 11.8 Å². The maximum absolute atomic E-state index is 8.87. The molecule has 0 heterocycles. The molecule has 0 unspecified atom stereocenters. The summed E-state index contributed by atoms with van der Waals surface area (Å²) in [6.45, 7) is 0. The van der Waals surface area contributed by atoms with E-state index >= 15 is 0 Å². The van der Waals surface area contributed by atoms with Crippen LogP contribution in [-0.4, -0.2) is 20.5 Å². The quantitative estimate of drug-likeness (QED) is 0.832. The number of benzene rings is 1. The summed E-state index contributed by atoms with van der Waals surface area (Å²) in [4.78, 5) is 0. The van der Waals surface area contributed by atoms with Crippen LogP contribution < -0.4 is 14.8 Å². The lowest BCUT2D eigenvalue weighted by Gasteiger charge is -2.11. The van der Waals surface area contributed by atoms with Crippen LogP contribution in [0.2, 0.25) is 0 Å². The fraction of sp³-hybridized carbons (Fsp3) is 0.231. The van der Waals surface area contributed by atoms with E-state index in [2.05, 4.69) is 5.32 Å². The molecule has 5 nitrogen and oxygen atoms in total. The minimum Gasteiger partial charge on any atom is -0.497 e. The Bertz CT molecular complexity index is 532. The van der Waals surface area contributed by atoms with Crippen LogP contribution in [0, 0.1) is 22.7 Å². The Hall–Kier alpha value is -2.31. The van der Waals surface area contributed by atoms with Gasteiger partial charge in [-0.25, -0.2) is 0 Å². The number of hydrogen-bond donors (Lipinski definition) is 1. The molecule has 1 aromatic carbocycles. The molecule has 0 aliphatic rings. The van der Waals surface area contributed by atoms with Gasteiger partial charge in [-0.3, -0.25) is 0 Å². The van der Waals surface area contributed by atoms with Crippen LogP contribution in [0.15, 0.2) is 28.8 Å². The molecule has 0 saturated heterocycles. The summed E-state index contributed by atoms with van der Waals surface area (Å²) in [5.74, 6) is 1.25. The summed E-state index contributed by atoms with van der Waals surface area (Å²) in [5, 5.41) is 21.3. The Kier molecular flexibility index (Phi) is 5.59. The number of rotatable bonds is 5. The Morgan fingerprint density at radius 2 is 1.63 bits per heavy atom. The van der Waals surface area contributed by atoms with Gasteiger partial charge in [0.1, 0.15) is 28.7 Å². The zero-order valence-corrected chi connectivity index (χ0v) is 11.7. The lowest BCUT2D eigenvalue weighted by atomic mass is 10.2. The summed E-state index contributed by atoms with van der Waals surface area (Å²) in [6.07, 6.45) is 1.79. The monoisotopic (exact) mass is 275 g/mol. The zero-order chi connectivity index (χ0) is 14.3. The molecule has 1 aromatic rings. The molecule has 0 radical (unpaired) electrons. The lowest BCUT2D eigenvalue weighted by Crippen LogP contribution is -2.00. The largest absolute Gasteiger partial charge is 0.497 e. The highest BCUT2D eigenvalue weighted by molar-refractivity contribution is 8.02. The minimum absolute atomic E-state index is 0.0364. The van der Waals surface area contributed by atoms with Gasteiger partial charge >= 0.3 is 0 Å². The molecule has 6 heteroatoms. The van der Waals surface area contributed by atoms with Gasteiger partial charge in [0.05, 0.1) is 14.2 Å². The average molecular weight is 275 g/mol. The number of nitriles is 2. The molecule has 0 fully saturated rings.